The third-order valence-electron chi connectivity index (χ3n) is 3.73. The Bertz CT molecular complexity index is 658. The van der Waals surface area contributed by atoms with Crippen molar-refractivity contribution in [3.63, 3.8) is 0 Å². The maximum absolute atomic E-state index is 12.3. The van der Waals surface area contributed by atoms with Gasteiger partial charge in [-0.3, -0.25) is 29.8 Å². The van der Waals surface area contributed by atoms with E-state index in [-0.39, 0.29) is 30.3 Å². The first-order chi connectivity index (χ1) is 10.9. The van der Waals surface area contributed by atoms with Gasteiger partial charge < -0.3 is 4.90 Å². The summed E-state index contributed by atoms with van der Waals surface area (Å²) >= 11 is 0. The zero-order valence-electron chi connectivity index (χ0n) is 12.7. The summed E-state index contributed by atoms with van der Waals surface area (Å²) in [7, 11) is 0. The third kappa shape index (κ3) is 3.91. The molecule has 1 saturated heterocycles. The van der Waals surface area contributed by atoms with Crippen LogP contribution in [0.1, 0.15) is 25.3 Å². The average molecular weight is 319 g/mol. The number of hydrogen-bond acceptors (Lipinski definition) is 5. The number of aryl methyl sites for hydroxylation is 1. The van der Waals surface area contributed by atoms with Gasteiger partial charge in [0.2, 0.25) is 17.7 Å². The Labute approximate surface area is 132 Å². The minimum atomic E-state index is -0.759. The SMILES string of the molecule is CCN(C(=O)CCc1cccc([N+](=O)[O-])c1)[C@H]1CC(=O)NC1=O. The molecular formula is C15H17N3O5. The van der Waals surface area contributed by atoms with Crippen molar-refractivity contribution in [2.24, 2.45) is 0 Å². The first-order valence-corrected chi connectivity index (χ1v) is 7.29. The molecule has 0 saturated carbocycles. The summed E-state index contributed by atoms with van der Waals surface area (Å²) in [6.45, 7) is 2.06. The predicted octanol–water partition coefficient (Wildman–Crippen LogP) is 0.791. The monoisotopic (exact) mass is 319 g/mol. The molecule has 1 aromatic carbocycles. The Balaban J connectivity index is 2.00. The largest absolute Gasteiger partial charge is 0.330 e. The van der Waals surface area contributed by atoms with Crippen LogP contribution in [0.25, 0.3) is 0 Å². The molecule has 8 nitrogen and oxygen atoms in total. The van der Waals surface area contributed by atoms with Crippen LogP contribution in [0.5, 0.6) is 0 Å². The number of imide groups is 1. The summed E-state index contributed by atoms with van der Waals surface area (Å²) in [6, 6.07) is 5.33. The van der Waals surface area contributed by atoms with Crippen molar-refractivity contribution in [1.29, 1.82) is 0 Å². The molecule has 1 aliphatic rings. The summed E-state index contributed by atoms with van der Waals surface area (Å²) in [6.07, 6.45) is 0.432. The topological polar surface area (TPSA) is 110 Å². The van der Waals surface area contributed by atoms with Crippen LogP contribution in [0.15, 0.2) is 24.3 Å². The van der Waals surface area contributed by atoms with Gasteiger partial charge in [0.1, 0.15) is 6.04 Å². The molecular weight excluding hydrogens is 302 g/mol. The molecule has 0 bridgehead atoms. The van der Waals surface area contributed by atoms with Crippen molar-refractivity contribution >= 4 is 23.4 Å². The van der Waals surface area contributed by atoms with Crippen LogP contribution >= 0.6 is 0 Å². The van der Waals surface area contributed by atoms with Gasteiger partial charge in [-0.25, -0.2) is 0 Å². The van der Waals surface area contributed by atoms with E-state index >= 15 is 0 Å². The first-order valence-electron chi connectivity index (χ1n) is 7.29. The smallest absolute Gasteiger partial charge is 0.269 e. The van der Waals surface area contributed by atoms with E-state index in [2.05, 4.69) is 5.32 Å². The molecule has 0 unspecified atom stereocenters. The van der Waals surface area contributed by atoms with Crippen molar-refractivity contribution in [2.75, 3.05) is 6.54 Å². The second-order valence-corrected chi connectivity index (χ2v) is 5.24. The number of nitrogens with zero attached hydrogens (tertiary/aromatic N) is 2. The van der Waals surface area contributed by atoms with E-state index in [0.29, 0.717) is 18.5 Å². The fraction of sp³-hybridized carbons (Fsp3) is 0.400. The van der Waals surface area contributed by atoms with Crippen molar-refractivity contribution < 1.29 is 19.3 Å². The van der Waals surface area contributed by atoms with Crippen molar-refractivity contribution in [1.82, 2.24) is 10.2 Å². The maximum atomic E-state index is 12.3. The summed E-state index contributed by atoms with van der Waals surface area (Å²) in [4.78, 5) is 46.9. The van der Waals surface area contributed by atoms with Gasteiger partial charge in [-0.05, 0) is 18.9 Å². The van der Waals surface area contributed by atoms with Gasteiger partial charge in [-0.15, -0.1) is 0 Å². The summed E-state index contributed by atoms with van der Waals surface area (Å²) in [5.41, 5.74) is 0.651. The third-order valence-corrected chi connectivity index (χ3v) is 3.73. The number of likely N-dealkylation sites (N-methyl/N-ethyl adjacent to an activating group) is 1. The van der Waals surface area contributed by atoms with Crippen molar-refractivity contribution in [3.8, 4) is 0 Å². The predicted molar refractivity (Wildman–Crippen MR) is 80.4 cm³/mol. The highest BCUT2D eigenvalue weighted by Gasteiger charge is 2.36. The van der Waals surface area contributed by atoms with Crippen LogP contribution in [-0.4, -0.2) is 40.1 Å². The Hall–Kier alpha value is -2.77. The van der Waals surface area contributed by atoms with Gasteiger partial charge in [-0.2, -0.15) is 0 Å². The van der Waals surface area contributed by atoms with Crippen LogP contribution in [0.2, 0.25) is 0 Å². The minimum absolute atomic E-state index is 0.0186. The van der Waals surface area contributed by atoms with E-state index in [1.54, 1.807) is 19.1 Å². The quantitative estimate of drug-likeness (QED) is 0.473. The number of rotatable bonds is 6. The molecule has 1 N–H and O–H groups in total. The van der Waals surface area contributed by atoms with E-state index in [1.807, 2.05) is 0 Å². The van der Waals surface area contributed by atoms with Crippen LogP contribution in [0.4, 0.5) is 5.69 Å². The van der Waals surface area contributed by atoms with Crippen molar-refractivity contribution in [2.45, 2.75) is 32.2 Å². The highest BCUT2D eigenvalue weighted by atomic mass is 16.6. The van der Waals surface area contributed by atoms with Crippen LogP contribution in [0, 0.1) is 10.1 Å². The molecule has 0 aliphatic carbocycles. The zero-order valence-corrected chi connectivity index (χ0v) is 12.7. The van der Waals surface area contributed by atoms with Crippen LogP contribution in [-0.2, 0) is 20.8 Å². The Kier molecular flexibility index (Phi) is 5.05. The van der Waals surface area contributed by atoms with Gasteiger partial charge in [0.15, 0.2) is 0 Å². The Morgan fingerprint density at radius 3 is 2.74 bits per heavy atom. The van der Waals surface area contributed by atoms with Crippen molar-refractivity contribution in [3.05, 3.63) is 39.9 Å². The molecule has 1 aromatic rings. The number of amides is 3. The van der Waals surface area contributed by atoms with Gasteiger partial charge in [0.25, 0.3) is 5.69 Å². The molecule has 1 heterocycles. The average Bonchev–Trinajstić information content (AvgIpc) is 2.85. The van der Waals surface area contributed by atoms with E-state index in [0.717, 1.165) is 0 Å². The minimum Gasteiger partial charge on any atom is -0.330 e. The van der Waals surface area contributed by atoms with Crippen LogP contribution < -0.4 is 5.32 Å². The highest BCUT2D eigenvalue weighted by molar-refractivity contribution is 6.06. The molecule has 1 aliphatic heterocycles. The zero-order chi connectivity index (χ0) is 17.0. The fourth-order valence-corrected chi connectivity index (χ4v) is 2.58. The number of carbonyl (C=O) groups is 3. The lowest BCUT2D eigenvalue weighted by atomic mass is 10.1. The molecule has 3 amide bonds. The molecule has 1 atom stereocenters. The summed E-state index contributed by atoms with van der Waals surface area (Å²) < 4.78 is 0. The second-order valence-electron chi connectivity index (χ2n) is 5.24. The Morgan fingerprint density at radius 2 is 2.17 bits per heavy atom. The standard InChI is InChI=1S/C15H17N3O5/c1-2-17(12-9-13(19)16-15(12)21)14(20)7-6-10-4-3-5-11(8-10)18(22)23/h3-5,8,12H,2,6-7,9H2,1H3,(H,16,19,21)/t12-/m0/s1. The number of benzene rings is 1. The number of carbonyl (C=O) groups excluding carboxylic acids is 3. The lowest BCUT2D eigenvalue weighted by Crippen LogP contribution is -2.44. The van der Waals surface area contributed by atoms with E-state index in [1.165, 1.54) is 17.0 Å². The number of nitro groups is 1. The van der Waals surface area contributed by atoms with E-state index < -0.39 is 16.9 Å². The number of nitro benzene ring substituents is 1. The van der Waals surface area contributed by atoms with E-state index in [9.17, 15) is 24.5 Å². The van der Waals surface area contributed by atoms with Crippen LogP contribution in [0.3, 0.4) is 0 Å². The lowest BCUT2D eigenvalue weighted by molar-refractivity contribution is -0.384. The van der Waals surface area contributed by atoms with Gasteiger partial charge in [0.05, 0.1) is 11.3 Å². The molecule has 0 aromatic heterocycles. The molecule has 0 spiro atoms. The molecule has 8 heteroatoms. The molecule has 23 heavy (non-hydrogen) atoms. The number of non-ortho nitro benzene ring substituents is 1. The van der Waals surface area contributed by atoms with Gasteiger partial charge >= 0.3 is 0 Å². The van der Waals surface area contributed by atoms with Gasteiger partial charge in [0, 0.05) is 25.1 Å². The highest BCUT2D eigenvalue weighted by Crippen LogP contribution is 2.16. The summed E-state index contributed by atoms with van der Waals surface area (Å²) in [5, 5.41) is 12.9. The fourth-order valence-electron chi connectivity index (χ4n) is 2.58. The normalized spacial score (nSPS) is 17.0. The molecule has 0 radical (unpaired) electrons. The van der Waals surface area contributed by atoms with E-state index in [4.69, 9.17) is 0 Å². The molecule has 1 fully saturated rings. The molecule has 2 rings (SSSR count). The lowest BCUT2D eigenvalue weighted by Gasteiger charge is -2.25. The summed E-state index contributed by atoms with van der Waals surface area (Å²) in [5.74, 6) is -1.10. The number of hydrogen-bond donors (Lipinski definition) is 1. The molecule has 122 valence electrons. The second kappa shape index (κ2) is 6.99. The Morgan fingerprint density at radius 1 is 1.43 bits per heavy atom. The maximum Gasteiger partial charge on any atom is 0.269 e. The van der Waals surface area contributed by atoms with Gasteiger partial charge in [-0.1, -0.05) is 12.1 Å². The number of nitrogens with one attached hydrogen (secondary N) is 1. The first kappa shape index (κ1) is 16.6.